The normalized spacial score (nSPS) is 26.1. The van der Waals surface area contributed by atoms with Crippen molar-refractivity contribution < 1.29 is 14.0 Å². The van der Waals surface area contributed by atoms with E-state index in [9.17, 15) is 9.18 Å². The molecule has 0 saturated heterocycles. The highest BCUT2D eigenvalue weighted by Crippen LogP contribution is 2.48. The standard InChI is InChI=1S/C15H16FNO2/c1-9(17-19-15(18)11-2-3-11)13-8-14(13)10-4-6-12(16)7-5-10/h4-7,11,13-14H,2-3,8H2,1H3. The predicted octanol–water partition coefficient (Wildman–Crippen LogP) is 3.26. The van der Waals surface area contributed by atoms with Crippen LogP contribution in [0.3, 0.4) is 0 Å². The first kappa shape index (κ1) is 12.3. The first-order chi connectivity index (χ1) is 9.15. The van der Waals surface area contributed by atoms with Crippen LogP contribution in [0.25, 0.3) is 0 Å². The van der Waals surface area contributed by atoms with Crippen LogP contribution in [0.2, 0.25) is 0 Å². The summed E-state index contributed by atoms with van der Waals surface area (Å²) in [6.45, 7) is 1.88. The summed E-state index contributed by atoms with van der Waals surface area (Å²) in [7, 11) is 0. The number of benzene rings is 1. The molecule has 0 radical (unpaired) electrons. The Labute approximate surface area is 111 Å². The molecule has 1 aromatic rings. The molecule has 0 spiro atoms. The molecule has 3 nitrogen and oxygen atoms in total. The molecule has 0 heterocycles. The van der Waals surface area contributed by atoms with Crippen LogP contribution in [0.1, 0.15) is 37.7 Å². The van der Waals surface area contributed by atoms with Crippen LogP contribution in [-0.2, 0) is 9.63 Å². The Morgan fingerprint density at radius 1 is 1.32 bits per heavy atom. The number of carbonyl (C=O) groups excluding carboxylic acids is 1. The van der Waals surface area contributed by atoms with Gasteiger partial charge in [-0.25, -0.2) is 9.18 Å². The quantitative estimate of drug-likeness (QED) is 0.474. The molecule has 2 atom stereocenters. The average Bonchev–Trinajstić information content (AvgIpc) is 3.28. The van der Waals surface area contributed by atoms with Crippen LogP contribution < -0.4 is 0 Å². The minimum Gasteiger partial charge on any atom is -0.318 e. The highest BCUT2D eigenvalue weighted by atomic mass is 19.1. The van der Waals surface area contributed by atoms with E-state index in [0.717, 1.165) is 30.5 Å². The molecule has 100 valence electrons. The molecule has 0 bridgehead atoms. The maximum atomic E-state index is 12.8. The summed E-state index contributed by atoms with van der Waals surface area (Å²) in [5, 5.41) is 3.93. The minimum absolute atomic E-state index is 0.0728. The van der Waals surface area contributed by atoms with Gasteiger partial charge in [-0.15, -0.1) is 0 Å². The van der Waals surface area contributed by atoms with E-state index < -0.39 is 0 Å². The Balaban J connectivity index is 1.57. The first-order valence-electron chi connectivity index (χ1n) is 6.66. The van der Waals surface area contributed by atoms with Crippen LogP contribution in [0.15, 0.2) is 29.4 Å². The lowest BCUT2D eigenvalue weighted by Gasteiger charge is -2.01. The maximum Gasteiger partial charge on any atom is 0.338 e. The molecule has 2 aliphatic carbocycles. The summed E-state index contributed by atoms with van der Waals surface area (Å²) < 4.78 is 12.8. The van der Waals surface area contributed by atoms with Crippen molar-refractivity contribution in [1.29, 1.82) is 0 Å². The van der Waals surface area contributed by atoms with E-state index in [1.54, 1.807) is 0 Å². The van der Waals surface area contributed by atoms with Gasteiger partial charge in [-0.2, -0.15) is 0 Å². The monoisotopic (exact) mass is 261 g/mol. The van der Waals surface area contributed by atoms with E-state index in [1.165, 1.54) is 12.1 Å². The zero-order chi connectivity index (χ0) is 13.4. The highest BCUT2D eigenvalue weighted by molar-refractivity contribution is 5.88. The number of rotatable bonds is 4. The number of halogens is 1. The molecule has 19 heavy (non-hydrogen) atoms. The number of carbonyl (C=O) groups is 1. The van der Waals surface area contributed by atoms with Crippen LogP contribution >= 0.6 is 0 Å². The molecule has 0 aromatic heterocycles. The Kier molecular flexibility index (Phi) is 3.09. The van der Waals surface area contributed by atoms with Gasteiger partial charge in [0, 0.05) is 5.92 Å². The van der Waals surface area contributed by atoms with Crippen molar-refractivity contribution in [2.45, 2.75) is 32.1 Å². The molecule has 0 N–H and O–H groups in total. The number of hydrogen-bond donors (Lipinski definition) is 0. The fraction of sp³-hybridized carbons (Fsp3) is 0.467. The van der Waals surface area contributed by atoms with Crippen molar-refractivity contribution in [2.75, 3.05) is 0 Å². The van der Waals surface area contributed by atoms with Crippen molar-refractivity contribution in [3.63, 3.8) is 0 Å². The van der Waals surface area contributed by atoms with Crippen LogP contribution in [-0.4, -0.2) is 11.7 Å². The van der Waals surface area contributed by atoms with Crippen molar-refractivity contribution in [3.05, 3.63) is 35.6 Å². The summed E-state index contributed by atoms with van der Waals surface area (Å²) in [6.07, 6.45) is 2.84. The zero-order valence-electron chi connectivity index (χ0n) is 10.8. The largest absolute Gasteiger partial charge is 0.338 e. The zero-order valence-corrected chi connectivity index (χ0v) is 10.8. The molecule has 4 heteroatoms. The third-order valence-electron chi connectivity index (χ3n) is 3.82. The van der Waals surface area contributed by atoms with Crippen molar-refractivity contribution in [1.82, 2.24) is 0 Å². The van der Waals surface area contributed by atoms with E-state index in [2.05, 4.69) is 5.16 Å². The second-order valence-corrected chi connectivity index (χ2v) is 5.42. The SMILES string of the molecule is CC(=NOC(=O)C1CC1)C1CC1c1ccc(F)cc1. The number of oxime groups is 1. The lowest BCUT2D eigenvalue weighted by Crippen LogP contribution is -2.05. The van der Waals surface area contributed by atoms with Gasteiger partial charge in [-0.1, -0.05) is 17.3 Å². The van der Waals surface area contributed by atoms with Gasteiger partial charge in [-0.3, -0.25) is 0 Å². The van der Waals surface area contributed by atoms with Gasteiger partial charge in [0.2, 0.25) is 0 Å². The van der Waals surface area contributed by atoms with Gasteiger partial charge < -0.3 is 4.84 Å². The van der Waals surface area contributed by atoms with Crippen LogP contribution in [0, 0.1) is 17.7 Å². The molecular weight excluding hydrogens is 245 g/mol. The summed E-state index contributed by atoms with van der Waals surface area (Å²) in [6, 6.07) is 6.57. The minimum atomic E-state index is -0.218. The fourth-order valence-electron chi connectivity index (χ4n) is 2.31. The van der Waals surface area contributed by atoms with Gasteiger partial charge in [0.15, 0.2) is 0 Å². The van der Waals surface area contributed by atoms with Crippen LogP contribution in [0.5, 0.6) is 0 Å². The molecule has 1 aromatic carbocycles. The van der Waals surface area contributed by atoms with Crippen LogP contribution in [0.4, 0.5) is 4.39 Å². The molecule has 2 unspecified atom stereocenters. The second kappa shape index (κ2) is 4.76. The van der Waals surface area contributed by atoms with E-state index in [4.69, 9.17) is 4.84 Å². The molecular formula is C15H16FNO2. The summed E-state index contributed by atoms with van der Waals surface area (Å²) in [5.41, 5.74) is 1.97. The summed E-state index contributed by atoms with van der Waals surface area (Å²) in [4.78, 5) is 16.3. The molecule has 0 amide bonds. The topological polar surface area (TPSA) is 38.7 Å². The van der Waals surface area contributed by atoms with E-state index in [1.807, 2.05) is 19.1 Å². The lowest BCUT2D eigenvalue weighted by atomic mass is 10.1. The Morgan fingerprint density at radius 2 is 2.00 bits per heavy atom. The summed E-state index contributed by atoms with van der Waals surface area (Å²) in [5.74, 6) is 0.341. The second-order valence-electron chi connectivity index (χ2n) is 5.42. The Bertz CT molecular complexity index is 519. The smallest absolute Gasteiger partial charge is 0.318 e. The van der Waals surface area contributed by atoms with Gasteiger partial charge in [0.05, 0.1) is 11.6 Å². The average molecular weight is 261 g/mol. The third-order valence-corrected chi connectivity index (χ3v) is 3.82. The highest BCUT2D eigenvalue weighted by Gasteiger charge is 2.41. The van der Waals surface area contributed by atoms with Crippen molar-refractivity contribution in [2.24, 2.45) is 17.0 Å². The Hall–Kier alpha value is -1.71. The Morgan fingerprint density at radius 3 is 2.63 bits per heavy atom. The fourth-order valence-corrected chi connectivity index (χ4v) is 2.31. The lowest BCUT2D eigenvalue weighted by molar-refractivity contribution is -0.145. The van der Waals surface area contributed by atoms with E-state index in [-0.39, 0.29) is 17.7 Å². The molecule has 2 fully saturated rings. The van der Waals surface area contributed by atoms with Crippen molar-refractivity contribution >= 4 is 11.7 Å². The number of nitrogens with zero attached hydrogens (tertiary/aromatic N) is 1. The molecule has 2 aliphatic rings. The predicted molar refractivity (Wildman–Crippen MR) is 69.2 cm³/mol. The van der Waals surface area contributed by atoms with Gasteiger partial charge in [0.25, 0.3) is 0 Å². The molecule has 2 saturated carbocycles. The maximum absolute atomic E-state index is 12.8. The first-order valence-corrected chi connectivity index (χ1v) is 6.66. The molecule has 3 rings (SSSR count). The van der Waals surface area contributed by atoms with E-state index >= 15 is 0 Å². The van der Waals surface area contributed by atoms with E-state index in [0.29, 0.717) is 11.8 Å². The van der Waals surface area contributed by atoms with Crippen molar-refractivity contribution in [3.8, 4) is 0 Å². The molecule has 0 aliphatic heterocycles. The third kappa shape index (κ3) is 2.83. The van der Waals surface area contributed by atoms with Gasteiger partial charge in [0.1, 0.15) is 5.82 Å². The summed E-state index contributed by atoms with van der Waals surface area (Å²) >= 11 is 0. The van der Waals surface area contributed by atoms with Gasteiger partial charge in [-0.05, 0) is 49.8 Å². The van der Waals surface area contributed by atoms with Gasteiger partial charge >= 0.3 is 5.97 Å². The number of hydrogen-bond acceptors (Lipinski definition) is 3.